The van der Waals surface area contributed by atoms with E-state index < -0.39 is 26.4 Å². The predicted molar refractivity (Wildman–Crippen MR) is 103 cm³/mol. The second kappa shape index (κ2) is 9.43. The quantitative estimate of drug-likeness (QED) is 0.738. The van der Waals surface area contributed by atoms with Crippen molar-refractivity contribution in [2.24, 2.45) is 0 Å². The van der Waals surface area contributed by atoms with Gasteiger partial charge < -0.3 is 10.1 Å². The molecule has 6 nitrogen and oxygen atoms in total. The van der Waals surface area contributed by atoms with E-state index in [1.165, 1.54) is 17.7 Å². The second-order valence-electron chi connectivity index (χ2n) is 6.75. The third-order valence-corrected chi connectivity index (χ3v) is 6.04. The van der Waals surface area contributed by atoms with Gasteiger partial charge in [-0.05, 0) is 29.8 Å². The maximum atomic E-state index is 12.6. The summed E-state index contributed by atoms with van der Waals surface area (Å²) in [5, 5.41) is 2.75. The highest BCUT2D eigenvalue weighted by Crippen LogP contribution is 2.18. The van der Waals surface area contributed by atoms with Crippen LogP contribution >= 0.6 is 0 Å². The lowest BCUT2D eigenvalue weighted by Crippen LogP contribution is -2.47. The Bertz CT molecular complexity index is 921. The molecule has 2 aromatic carbocycles. The first-order valence-corrected chi connectivity index (χ1v) is 10.7. The summed E-state index contributed by atoms with van der Waals surface area (Å²) in [5.41, 5.74) is 1.39. The van der Waals surface area contributed by atoms with Crippen molar-refractivity contribution in [1.29, 1.82) is 0 Å². The largest absolute Gasteiger partial charge is 0.374 e. The molecule has 1 unspecified atom stereocenters. The number of rotatable bonds is 7. The van der Waals surface area contributed by atoms with Crippen LogP contribution in [0.5, 0.6) is 0 Å². The lowest BCUT2D eigenvalue weighted by molar-refractivity contribution is -0.0292. The van der Waals surface area contributed by atoms with Crippen molar-refractivity contribution in [1.82, 2.24) is 10.2 Å². The Labute approximate surface area is 168 Å². The molecular weight excluding hydrogens is 402 g/mol. The van der Waals surface area contributed by atoms with Gasteiger partial charge in [-0.15, -0.1) is 0 Å². The summed E-state index contributed by atoms with van der Waals surface area (Å²) in [7, 11) is -4.67. The Balaban J connectivity index is 1.52. The van der Waals surface area contributed by atoms with Gasteiger partial charge in [-0.25, -0.2) is 8.42 Å². The molecule has 1 aliphatic heterocycles. The maximum Gasteiger partial charge on any atom is 0.341 e. The van der Waals surface area contributed by atoms with Crippen LogP contribution in [0.15, 0.2) is 59.5 Å². The van der Waals surface area contributed by atoms with Crippen LogP contribution in [-0.4, -0.2) is 57.3 Å². The average molecular weight is 424 g/mol. The number of alkyl halides is 2. The number of morpholine rings is 1. The van der Waals surface area contributed by atoms with Crippen molar-refractivity contribution in [3.8, 4) is 0 Å². The minimum atomic E-state index is -4.67. The summed E-state index contributed by atoms with van der Waals surface area (Å²) in [5.74, 6) is -3.92. The van der Waals surface area contributed by atoms with Gasteiger partial charge in [0.1, 0.15) is 0 Å². The minimum absolute atomic E-state index is 0.171. The van der Waals surface area contributed by atoms with Gasteiger partial charge in [-0.1, -0.05) is 30.3 Å². The first-order valence-electron chi connectivity index (χ1n) is 9.14. The third-order valence-electron chi connectivity index (χ3n) is 4.64. The Morgan fingerprint density at radius 1 is 1.14 bits per heavy atom. The molecule has 2 aromatic rings. The normalized spacial score (nSPS) is 18.0. The number of hydrogen-bond acceptors (Lipinski definition) is 5. The van der Waals surface area contributed by atoms with E-state index in [0.717, 1.165) is 25.2 Å². The molecule has 1 amide bonds. The second-order valence-corrected chi connectivity index (χ2v) is 8.67. The van der Waals surface area contributed by atoms with Gasteiger partial charge >= 0.3 is 5.76 Å². The zero-order valence-electron chi connectivity index (χ0n) is 15.6. The predicted octanol–water partition coefficient (Wildman–Crippen LogP) is 2.31. The molecule has 1 atom stereocenters. The highest BCUT2D eigenvalue weighted by Gasteiger charge is 2.26. The number of ether oxygens (including phenoxy) is 1. The molecule has 29 heavy (non-hydrogen) atoms. The summed E-state index contributed by atoms with van der Waals surface area (Å²) in [4.78, 5) is 14.0. The third kappa shape index (κ3) is 5.59. The molecule has 1 saturated heterocycles. The van der Waals surface area contributed by atoms with E-state index in [-0.39, 0.29) is 11.7 Å². The van der Waals surface area contributed by atoms with Gasteiger partial charge in [-0.2, -0.15) is 8.78 Å². The van der Waals surface area contributed by atoms with Crippen LogP contribution in [0.2, 0.25) is 0 Å². The standard InChI is InChI=1S/C20H22F2N2O4S/c21-20(22)29(26,27)18-8-6-16(7-9-18)19(25)23-12-17-14-24(10-11-28-17)13-15-4-2-1-3-5-15/h1-9,17,20H,10-14H2,(H,23,25). The van der Waals surface area contributed by atoms with Gasteiger partial charge in [-0.3, -0.25) is 9.69 Å². The van der Waals surface area contributed by atoms with Gasteiger partial charge in [0.05, 0.1) is 17.6 Å². The van der Waals surface area contributed by atoms with E-state index >= 15 is 0 Å². The summed E-state index contributed by atoms with van der Waals surface area (Å²) in [6.45, 7) is 3.13. The smallest absolute Gasteiger partial charge is 0.341 e. The number of carbonyl (C=O) groups excluding carboxylic acids is 1. The fourth-order valence-corrected chi connectivity index (χ4v) is 3.82. The number of carbonyl (C=O) groups is 1. The Kier molecular flexibility index (Phi) is 6.94. The number of halogens is 2. The molecule has 0 spiro atoms. The Morgan fingerprint density at radius 2 is 1.83 bits per heavy atom. The molecule has 0 aromatic heterocycles. The number of benzene rings is 2. The molecule has 0 aliphatic carbocycles. The van der Waals surface area contributed by atoms with Crippen molar-refractivity contribution in [3.05, 3.63) is 65.7 Å². The fraction of sp³-hybridized carbons (Fsp3) is 0.350. The van der Waals surface area contributed by atoms with Crippen molar-refractivity contribution in [3.63, 3.8) is 0 Å². The zero-order valence-corrected chi connectivity index (χ0v) is 16.4. The van der Waals surface area contributed by atoms with Gasteiger partial charge in [0.25, 0.3) is 5.91 Å². The van der Waals surface area contributed by atoms with Crippen LogP contribution in [0.1, 0.15) is 15.9 Å². The van der Waals surface area contributed by atoms with Gasteiger partial charge in [0, 0.05) is 31.7 Å². The molecular formula is C20H22F2N2O4S. The van der Waals surface area contributed by atoms with Crippen molar-refractivity contribution in [2.45, 2.75) is 23.3 Å². The summed E-state index contributed by atoms with van der Waals surface area (Å²) < 4.78 is 53.7. The number of sulfone groups is 1. The van der Waals surface area contributed by atoms with E-state index in [9.17, 15) is 22.0 Å². The topological polar surface area (TPSA) is 75.7 Å². The van der Waals surface area contributed by atoms with Crippen molar-refractivity contribution < 1.29 is 26.7 Å². The minimum Gasteiger partial charge on any atom is -0.374 e. The summed E-state index contributed by atoms with van der Waals surface area (Å²) in [6, 6.07) is 14.5. The van der Waals surface area contributed by atoms with Gasteiger partial charge in [0.15, 0.2) is 0 Å². The van der Waals surface area contributed by atoms with Crippen molar-refractivity contribution >= 4 is 15.7 Å². The van der Waals surface area contributed by atoms with Gasteiger partial charge in [0.2, 0.25) is 9.84 Å². The van der Waals surface area contributed by atoms with Crippen LogP contribution in [0, 0.1) is 0 Å². The first-order chi connectivity index (χ1) is 13.9. The zero-order chi connectivity index (χ0) is 20.9. The number of nitrogens with zero attached hydrogens (tertiary/aromatic N) is 1. The molecule has 1 aliphatic rings. The lowest BCUT2D eigenvalue weighted by atomic mass is 10.2. The number of amides is 1. The van der Waals surface area contributed by atoms with Crippen LogP contribution in [-0.2, 0) is 21.1 Å². The molecule has 156 valence electrons. The molecule has 0 radical (unpaired) electrons. The maximum absolute atomic E-state index is 12.6. The molecule has 9 heteroatoms. The lowest BCUT2D eigenvalue weighted by Gasteiger charge is -2.33. The van der Waals surface area contributed by atoms with Crippen LogP contribution in [0.4, 0.5) is 8.78 Å². The monoisotopic (exact) mass is 424 g/mol. The molecule has 3 rings (SSSR count). The van der Waals surface area contributed by atoms with Crippen LogP contribution < -0.4 is 5.32 Å². The SMILES string of the molecule is O=C(NCC1CN(Cc2ccccc2)CCO1)c1ccc(S(=O)(=O)C(F)F)cc1. The molecule has 1 N–H and O–H groups in total. The molecule has 0 saturated carbocycles. The number of nitrogens with one attached hydrogen (secondary N) is 1. The Hall–Kier alpha value is -2.36. The van der Waals surface area contributed by atoms with E-state index in [2.05, 4.69) is 22.3 Å². The molecule has 1 fully saturated rings. The van der Waals surface area contributed by atoms with Crippen molar-refractivity contribution in [2.75, 3.05) is 26.2 Å². The summed E-state index contributed by atoms with van der Waals surface area (Å²) >= 11 is 0. The average Bonchev–Trinajstić information content (AvgIpc) is 2.73. The first kappa shape index (κ1) is 21.4. The van der Waals surface area contributed by atoms with E-state index in [1.54, 1.807) is 0 Å². The Morgan fingerprint density at radius 3 is 2.48 bits per heavy atom. The molecule has 1 heterocycles. The highest BCUT2D eigenvalue weighted by molar-refractivity contribution is 7.91. The fourth-order valence-electron chi connectivity index (χ4n) is 3.10. The van der Waals surface area contributed by atoms with Crippen LogP contribution in [0.3, 0.4) is 0 Å². The van der Waals surface area contributed by atoms with E-state index in [1.807, 2.05) is 18.2 Å². The van der Waals surface area contributed by atoms with E-state index in [0.29, 0.717) is 19.7 Å². The van der Waals surface area contributed by atoms with E-state index in [4.69, 9.17) is 4.74 Å². The highest BCUT2D eigenvalue weighted by atomic mass is 32.2. The van der Waals surface area contributed by atoms with Crippen LogP contribution in [0.25, 0.3) is 0 Å². The molecule has 0 bridgehead atoms. The summed E-state index contributed by atoms with van der Waals surface area (Å²) in [6.07, 6.45) is -0.171. The number of hydrogen-bond donors (Lipinski definition) is 1.